The van der Waals surface area contributed by atoms with Gasteiger partial charge in [-0.1, -0.05) is 122 Å². The van der Waals surface area contributed by atoms with Crippen molar-refractivity contribution in [3.05, 3.63) is 66.2 Å². The highest BCUT2D eigenvalue weighted by Gasteiger charge is 2.38. The number of para-hydroxylation sites is 2. The van der Waals surface area contributed by atoms with E-state index in [1.54, 1.807) is 0 Å². The molecule has 0 heterocycles. The zero-order valence-electron chi connectivity index (χ0n) is 22.7. The molecule has 0 saturated carbocycles. The number of hydrogen-bond acceptors (Lipinski definition) is 2. The molecular weight excluding hydrogens is 453 g/mol. The molecule has 0 saturated heterocycles. The van der Waals surface area contributed by atoms with Gasteiger partial charge in [-0.2, -0.15) is 0 Å². The predicted octanol–water partition coefficient (Wildman–Crippen LogP) is 8.70. The molecule has 0 bridgehead atoms. The molecule has 2 nitrogen and oxygen atoms in total. The van der Waals surface area contributed by atoms with E-state index in [1.165, 1.54) is 22.5 Å². The predicted molar refractivity (Wildman–Crippen MR) is 159 cm³/mol. The molecule has 0 aliphatic heterocycles. The van der Waals surface area contributed by atoms with Gasteiger partial charge in [0.05, 0.1) is 0 Å². The second kappa shape index (κ2) is 9.12. The Morgan fingerprint density at radius 3 is 1.00 bits per heavy atom. The molecule has 32 heavy (non-hydrogen) atoms. The van der Waals surface area contributed by atoms with E-state index >= 15 is 0 Å². The van der Waals surface area contributed by atoms with Gasteiger partial charge in [0.2, 0.25) is 0 Å². The normalized spacial score (nSPS) is 13.1. The van der Waals surface area contributed by atoms with Gasteiger partial charge in [-0.05, 0) is 17.7 Å². The van der Waals surface area contributed by atoms with Crippen LogP contribution in [0.25, 0.3) is 5.57 Å². The quantitative estimate of drug-likeness (QED) is 0.336. The lowest BCUT2D eigenvalue weighted by atomic mass is 9.97. The van der Waals surface area contributed by atoms with Gasteiger partial charge >= 0.3 is 0 Å². The molecule has 0 aromatic heterocycles. The summed E-state index contributed by atoms with van der Waals surface area (Å²) in [5, 5.41) is 0. The molecule has 0 N–H and O–H groups in total. The molecule has 176 valence electrons. The summed E-state index contributed by atoms with van der Waals surface area (Å²) < 4.78 is 5.63. The van der Waals surface area contributed by atoms with Crippen LogP contribution in [-0.2, 0) is 0 Å². The van der Waals surface area contributed by atoms with Crippen molar-refractivity contribution in [1.29, 1.82) is 0 Å². The Labute approximate surface area is 202 Å². The first kappa shape index (κ1) is 26.9. The van der Waals surface area contributed by atoms with Crippen molar-refractivity contribution in [2.75, 3.05) is 8.46 Å². The highest BCUT2D eigenvalue weighted by molar-refractivity contribution is 7.00. The molecule has 0 aliphatic rings. The minimum Gasteiger partial charge on any atom is -0.424 e. The van der Waals surface area contributed by atoms with Crippen molar-refractivity contribution in [3.63, 3.8) is 0 Å². The van der Waals surface area contributed by atoms with Crippen molar-refractivity contribution in [2.24, 2.45) is 0 Å². The Bertz CT molecular complexity index is 852. The molecule has 6 heteroatoms. The van der Waals surface area contributed by atoms with Crippen molar-refractivity contribution in [2.45, 2.75) is 78.6 Å². The summed E-state index contributed by atoms with van der Waals surface area (Å²) >= 11 is 0. The molecule has 2 rings (SSSR count). The molecule has 2 aromatic rings. The Balaban J connectivity index is 2.76. The van der Waals surface area contributed by atoms with Crippen LogP contribution in [0.4, 0.5) is 11.4 Å². The van der Waals surface area contributed by atoms with Gasteiger partial charge in [-0.25, -0.2) is 0 Å². The lowest BCUT2D eigenvalue weighted by molar-refractivity contribution is 1.32. The third-order valence-corrected chi connectivity index (χ3v) is 20.0. The SMILES string of the molecule is C=C(c1ccccc1N([Si](C)(C)C)[Si](C)(C)C)c1ccccc1N([Si](C)(C)C)[Si](C)(C)C. The Kier molecular flexibility index (Phi) is 7.67. The van der Waals surface area contributed by atoms with Crippen LogP contribution in [0.5, 0.6) is 0 Å². The van der Waals surface area contributed by atoms with Gasteiger partial charge in [0.1, 0.15) is 32.9 Å². The van der Waals surface area contributed by atoms with E-state index in [2.05, 4.69) is 136 Å². The Morgan fingerprint density at radius 1 is 0.500 bits per heavy atom. The molecular formula is C26H46N2Si4. The average Bonchev–Trinajstić information content (AvgIpc) is 2.57. The van der Waals surface area contributed by atoms with Gasteiger partial charge in [0.15, 0.2) is 0 Å². The first-order chi connectivity index (χ1) is 14.4. The fourth-order valence-corrected chi connectivity index (χ4v) is 25.2. The van der Waals surface area contributed by atoms with Crippen molar-refractivity contribution in [3.8, 4) is 0 Å². The zero-order valence-corrected chi connectivity index (χ0v) is 26.7. The van der Waals surface area contributed by atoms with E-state index in [-0.39, 0.29) is 0 Å². The molecule has 0 radical (unpaired) electrons. The summed E-state index contributed by atoms with van der Waals surface area (Å²) in [5.41, 5.74) is 6.47. The van der Waals surface area contributed by atoms with Crippen molar-refractivity contribution < 1.29 is 0 Å². The van der Waals surface area contributed by atoms with Gasteiger partial charge < -0.3 is 8.46 Å². The van der Waals surface area contributed by atoms with E-state index in [1.807, 2.05) is 0 Å². The summed E-state index contributed by atoms with van der Waals surface area (Å²) in [6, 6.07) is 18.0. The fraction of sp³-hybridized carbons (Fsp3) is 0.462. The molecule has 0 atom stereocenters. The van der Waals surface area contributed by atoms with Crippen molar-refractivity contribution in [1.82, 2.24) is 0 Å². The number of anilines is 2. The minimum atomic E-state index is -1.58. The number of rotatable bonds is 8. The highest BCUT2D eigenvalue weighted by Crippen LogP contribution is 2.40. The van der Waals surface area contributed by atoms with E-state index in [9.17, 15) is 0 Å². The zero-order chi connectivity index (χ0) is 24.7. The van der Waals surface area contributed by atoms with Crippen LogP contribution in [0.3, 0.4) is 0 Å². The highest BCUT2D eigenvalue weighted by atomic mass is 28.4. The van der Waals surface area contributed by atoms with Crippen LogP contribution < -0.4 is 8.46 Å². The molecule has 0 amide bonds. The molecule has 0 spiro atoms. The van der Waals surface area contributed by atoms with E-state index in [0.29, 0.717) is 0 Å². The van der Waals surface area contributed by atoms with Gasteiger partial charge in [0, 0.05) is 22.5 Å². The topological polar surface area (TPSA) is 6.48 Å². The summed E-state index contributed by atoms with van der Waals surface area (Å²) in [7, 11) is -6.32. The fourth-order valence-electron chi connectivity index (χ4n) is 5.45. The third kappa shape index (κ3) is 5.95. The van der Waals surface area contributed by atoms with Crippen LogP contribution >= 0.6 is 0 Å². The second-order valence-electron chi connectivity index (χ2n) is 12.9. The summed E-state index contributed by atoms with van der Waals surface area (Å²) in [5.74, 6) is 0. The molecule has 0 aliphatic carbocycles. The van der Waals surface area contributed by atoms with Crippen LogP contribution in [0.1, 0.15) is 11.1 Å². The lowest BCUT2D eigenvalue weighted by Crippen LogP contribution is -2.60. The maximum absolute atomic E-state index is 4.72. The van der Waals surface area contributed by atoms with Gasteiger partial charge in [0.25, 0.3) is 0 Å². The van der Waals surface area contributed by atoms with Crippen LogP contribution in [0, 0.1) is 0 Å². The second-order valence-corrected chi connectivity index (χ2v) is 32.9. The van der Waals surface area contributed by atoms with Crippen molar-refractivity contribution >= 4 is 49.9 Å². The summed E-state index contributed by atoms with van der Waals surface area (Å²) in [4.78, 5) is 0. The largest absolute Gasteiger partial charge is 0.424 e. The van der Waals surface area contributed by atoms with Crippen LogP contribution in [0.2, 0.25) is 78.6 Å². The Hall–Kier alpha value is -1.35. The Morgan fingerprint density at radius 2 is 0.750 bits per heavy atom. The maximum atomic E-state index is 4.72. The monoisotopic (exact) mass is 498 g/mol. The van der Waals surface area contributed by atoms with E-state index < -0.39 is 32.9 Å². The number of benzene rings is 2. The number of hydrogen-bond donors (Lipinski definition) is 0. The van der Waals surface area contributed by atoms with Gasteiger partial charge in [-0.3, -0.25) is 0 Å². The summed E-state index contributed by atoms with van der Waals surface area (Å²) in [6.45, 7) is 34.3. The molecule has 2 aromatic carbocycles. The summed E-state index contributed by atoms with van der Waals surface area (Å²) in [6.07, 6.45) is 0. The van der Waals surface area contributed by atoms with Gasteiger partial charge in [-0.15, -0.1) is 0 Å². The van der Waals surface area contributed by atoms with E-state index in [4.69, 9.17) is 6.58 Å². The standard InChI is InChI=1S/C26H46N2Si4/c1-22(23-18-14-16-20-25(23)27(29(2,3)4)30(5,6)7)24-19-15-17-21-26(24)28(31(8,9)10)32(11,12)13/h14-21H,1H2,2-13H3. The third-order valence-electron chi connectivity index (χ3n) is 5.62. The van der Waals surface area contributed by atoms with Crippen LogP contribution in [0.15, 0.2) is 55.1 Å². The first-order valence-electron chi connectivity index (χ1n) is 11.8. The minimum absolute atomic E-state index is 1.15. The van der Waals surface area contributed by atoms with Crippen LogP contribution in [-0.4, -0.2) is 32.9 Å². The maximum Gasteiger partial charge on any atom is 0.138 e. The lowest BCUT2D eigenvalue weighted by Gasteiger charge is -2.48. The smallest absolute Gasteiger partial charge is 0.138 e. The van der Waals surface area contributed by atoms with E-state index in [0.717, 1.165) is 5.57 Å². The number of nitrogens with zero attached hydrogens (tertiary/aromatic N) is 2. The molecule has 0 fully saturated rings. The first-order valence-corrected chi connectivity index (χ1v) is 25.6. The average molecular weight is 499 g/mol. The molecule has 0 unspecified atom stereocenters.